The number of hydrogen-bond acceptors (Lipinski definition) is 7. The fourth-order valence-electron chi connectivity index (χ4n) is 5.24. The predicted octanol–water partition coefficient (Wildman–Crippen LogP) is 4.77. The molecule has 5 aromatic rings. The standard InChI is InChI=1S/C33H34F2N6O4S/c1-3-36-32(44)38-22-13-11-21(12-14-22)29-25(19-39(2)18-23-8-4-5-15-37-23)28-30(43)40(16-7-17-42)33(45)41(31(28)46-29)20-24-26(34)9-6-10-27(24)35/h4-6,8-15,42H,3,7,16-20H2,1-2H3,(H2,36,38,44). The monoisotopic (exact) mass is 648 g/mol. The molecule has 3 aromatic heterocycles. The Bertz CT molecular complexity index is 1940. The van der Waals surface area contributed by atoms with Gasteiger partial charge in [0.25, 0.3) is 5.56 Å². The van der Waals surface area contributed by atoms with Gasteiger partial charge in [0.05, 0.1) is 17.6 Å². The molecule has 13 heteroatoms. The number of carbonyl (C=O) groups is 1. The van der Waals surface area contributed by atoms with Crippen molar-refractivity contribution >= 4 is 33.3 Å². The first-order chi connectivity index (χ1) is 22.2. The van der Waals surface area contributed by atoms with Crippen molar-refractivity contribution in [2.24, 2.45) is 0 Å². The van der Waals surface area contributed by atoms with E-state index in [4.69, 9.17) is 0 Å². The van der Waals surface area contributed by atoms with Gasteiger partial charge in [-0.2, -0.15) is 0 Å². The highest BCUT2D eigenvalue weighted by Gasteiger charge is 2.25. The molecular formula is C33H34F2N6O4S. The average Bonchev–Trinajstić information content (AvgIpc) is 3.40. The van der Waals surface area contributed by atoms with Crippen LogP contribution in [0.15, 0.2) is 76.4 Å². The Morgan fingerprint density at radius 3 is 2.37 bits per heavy atom. The Morgan fingerprint density at radius 2 is 1.72 bits per heavy atom. The van der Waals surface area contributed by atoms with E-state index in [1.807, 2.05) is 37.1 Å². The van der Waals surface area contributed by atoms with E-state index in [0.29, 0.717) is 29.2 Å². The maximum absolute atomic E-state index is 14.9. The molecule has 0 radical (unpaired) electrons. The van der Waals surface area contributed by atoms with Crippen LogP contribution in [0.3, 0.4) is 0 Å². The average molecular weight is 649 g/mol. The Morgan fingerprint density at radius 1 is 0.978 bits per heavy atom. The molecule has 0 atom stereocenters. The van der Waals surface area contributed by atoms with Gasteiger partial charge in [0.2, 0.25) is 0 Å². The van der Waals surface area contributed by atoms with E-state index in [9.17, 15) is 28.3 Å². The van der Waals surface area contributed by atoms with Gasteiger partial charge in [-0.3, -0.25) is 23.8 Å². The number of urea groups is 1. The van der Waals surface area contributed by atoms with Crippen LogP contribution in [0, 0.1) is 11.6 Å². The lowest BCUT2D eigenvalue weighted by Gasteiger charge is -2.18. The van der Waals surface area contributed by atoms with E-state index < -0.39 is 29.4 Å². The Labute approximate surface area is 267 Å². The zero-order valence-corrected chi connectivity index (χ0v) is 26.2. The Balaban J connectivity index is 1.71. The number of fused-ring (bicyclic) bond motifs is 1. The maximum atomic E-state index is 14.9. The summed E-state index contributed by atoms with van der Waals surface area (Å²) in [6.07, 6.45) is 1.84. The minimum absolute atomic E-state index is 0.0710. The second kappa shape index (κ2) is 14.6. The van der Waals surface area contributed by atoms with Gasteiger partial charge < -0.3 is 15.7 Å². The summed E-state index contributed by atoms with van der Waals surface area (Å²) in [7, 11) is 1.89. The van der Waals surface area contributed by atoms with E-state index in [2.05, 4.69) is 15.6 Å². The van der Waals surface area contributed by atoms with Crippen molar-refractivity contribution < 1.29 is 18.7 Å². The van der Waals surface area contributed by atoms with Gasteiger partial charge >= 0.3 is 11.7 Å². The first-order valence-electron chi connectivity index (χ1n) is 14.8. The van der Waals surface area contributed by atoms with Crippen LogP contribution in [0.2, 0.25) is 0 Å². The van der Waals surface area contributed by atoms with Crippen molar-refractivity contribution in [2.45, 2.75) is 39.5 Å². The van der Waals surface area contributed by atoms with E-state index in [1.54, 1.807) is 30.5 Å². The number of hydrogen-bond donors (Lipinski definition) is 3. The van der Waals surface area contributed by atoms with E-state index >= 15 is 0 Å². The van der Waals surface area contributed by atoms with Gasteiger partial charge in [-0.05, 0) is 67.9 Å². The number of thiophene rings is 1. The predicted molar refractivity (Wildman–Crippen MR) is 175 cm³/mol. The highest BCUT2D eigenvalue weighted by atomic mass is 32.1. The van der Waals surface area contributed by atoms with Crippen LogP contribution < -0.4 is 21.9 Å². The van der Waals surface area contributed by atoms with Crippen molar-refractivity contribution in [1.82, 2.24) is 24.3 Å². The third-order valence-corrected chi connectivity index (χ3v) is 8.70. The first-order valence-corrected chi connectivity index (χ1v) is 15.6. The third-order valence-electron chi connectivity index (χ3n) is 7.40. The van der Waals surface area contributed by atoms with Crippen LogP contribution in [0.1, 0.15) is 30.2 Å². The van der Waals surface area contributed by atoms with Crippen molar-refractivity contribution in [1.29, 1.82) is 0 Å². The molecule has 3 heterocycles. The number of anilines is 1. The number of aliphatic hydroxyl groups excluding tert-OH is 1. The molecule has 5 rings (SSSR count). The third kappa shape index (κ3) is 7.06. The minimum atomic E-state index is -0.810. The number of rotatable bonds is 12. The van der Waals surface area contributed by atoms with Gasteiger partial charge in [0, 0.05) is 55.1 Å². The Kier molecular flexibility index (Phi) is 10.4. The van der Waals surface area contributed by atoms with Gasteiger partial charge in [-0.1, -0.05) is 24.3 Å². The summed E-state index contributed by atoms with van der Waals surface area (Å²) in [5.74, 6) is -1.62. The molecule has 0 unspecified atom stereocenters. The number of amides is 2. The minimum Gasteiger partial charge on any atom is -0.396 e. The van der Waals surface area contributed by atoms with Crippen molar-refractivity contribution in [3.8, 4) is 10.4 Å². The number of halogens is 2. The van der Waals surface area contributed by atoms with E-state index in [1.165, 1.54) is 22.0 Å². The number of benzene rings is 2. The molecule has 0 bridgehead atoms. The topological polar surface area (TPSA) is 121 Å². The highest BCUT2D eigenvalue weighted by Crippen LogP contribution is 2.38. The fourth-order valence-corrected chi connectivity index (χ4v) is 6.55. The quantitative estimate of drug-likeness (QED) is 0.179. The molecule has 10 nitrogen and oxygen atoms in total. The van der Waals surface area contributed by atoms with Gasteiger partial charge in [0.1, 0.15) is 16.5 Å². The summed E-state index contributed by atoms with van der Waals surface area (Å²) >= 11 is 1.19. The summed E-state index contributed by atoms with van der Waals surface area (Å²) in [5.41, 5.74) is 1.16. The molecule has 0 saturated heterocycles. The molecule has 240 valence electrons. The summed E-state index contributed by atoms with van der Waals surface area (Å²) < 4.78 is 32.0. The summed E-state index contributed by atoms with van der Waals surface area (Å²) in [6, 6.07) is 15.8. The maximum Gasteiger partial charge on any atom is 0.332 e. The first kappa shape index (κ1) is 32.7. The number of nitrogens with one attached hydrogen (secondary N) is 2. The van der Waals surface area contributed by atoms with Crippen molar-refractivity contribution in [3.05, 3.63) is 116 Å². The molecule has 0 saturated carbocycles. The van der Waals surface area contributed by atoms with Crippen molar-refractivity contribution in [3.63, 3.8) is 0 Å². The van der Waals surface area contributed by atoms with Crippen LogP contribution in [0.25, 0.3) is 20.7 Å². The molecule has 3 N–H and O–H groups in total. The number of pyridine rings is 1. The molecule has 0 aliphatic carbocycles. The molecular weight excluding hydrogens is 614 g/mol. The number of nitrogens with zero attached hydrogens (tertiary/aromatic N) is 4. The second-order valence-electron chi connectivity index (χ2n) is 10.7. The molecule has 2 aromatic carbocycles. The van der Waals surface area contributed by atoms with E-state index in [-0.39, 0.29) is 47.9 Å². The van der Waals surface area contributed by atoms with Crippen molar-refractivity contribution in [2.75, 3.05) is 25.5 Å². The normalized spacial score (nSPS) is 11.3. The zero-order chi connectivity index (χ0) is 32.8. The number of aliphatic hydroxyl groups is 1. The number of carbonyl (C=O) groups excluding carboxylic acids is 1. The summed E-state index contributed by atoms with van der Waals surface area (Å²) in [6.45, 7) is 2.27. The Hall–Kier alpha value is -4.72. The largest absolute Gasteiger partial charge is 0.396 e. The molecule has 0 spiro atoms. The molecule has 0 aliphatic heterocycles. The highest BCUT2D eigenvalue weighted by molar-refractivity contribution is 7.22. The van der Waals surface area contributed by atoms with E-state index in [0.717, 1.165) is 28.0 Å². The lowest BCUT2D eigenvalue weighted by Crippen LogP contribution is -2.40. The van der Waals surface area contributed by atoms with Gasteiger partial charge in [-0.15, -0.1) is 11.3 Å². The SMILES string of the molecule is CCNC(=O)Nc1ccc(-c2sc3c(c2CN(C)Cc2ccccn2)c(=O)n(CCCO)c(=O)n3Cc2c(F)cccc2F)cc1. The fraction of sp³-hybridized carbons (Fsp3) is 0.273. The lowest BCUT2D eigenvalue weighted by molar-refractivity contribution is 0.252. The number of aromatic nitrogens is 3. The smallest absolute Gasteiger partial charge is 0.332 e. The van der Waals surface area contributed by atoms with Crippen LogP contribution in [-0.2, 0) is 26.2 Å². The van der Waals surface area contributed by atoms with Crippen LogP contribution in [0.5, 0.6) is 0 Å². The van der Waals surface area contributed by atoms with Crippen LogP contribution >= 0.6 is 11.3 Å². The van der Waals surface area contributed by atoms with Gasteiger partial charge in [-0.25, -0.2) is 18.4 Å². The molecule has 2 amide bonds. The van der Waals surface area contributed by atoms with Gasteiger partial charge in [0.15, 0.2) is 0 Å². The van der Waals surface area contributed by atoms with Crippen LogP contribution in [0.4, 0.5) is 19.3 Å². The second-order valence-corrected chi connectivity index (χ2v) is 11.7. The molecule has 46 heavy (non-hydrogen) atoms. The molecule has 0 aliphatic rings. The summed E-state index contributed by atoms with van der Waals surface area (Å²) in [5, 5.41) is 15.2. The zero-order valence-electron chi connectivity index (χ0n) is 25.4. The molecule has 0 fully saturated rings. The lowest BCUT2D eigenvalue weighted by atomic mass is 10.1. The van der Waals surface area contributed by atoms with Crippen LogP contribution in [-0.4, -0.2) is 50.4 Å². The summed E-state index contributed by atoms with van der Waals surface area (Å²) in [4.78, 5) is 47.3.